The van der Waals surface area contributed by atoms with Crippen molar-refractivity contribution in [2.45, 2.75) is 0 Å². The molecule has 0 saturated carbocycles. The molecule has 0 bridgehead atoms. The first-order valence-electron chi connectivity index (χ1n) is 7.78. The Kier molecular flexibility index (Phi) is 4.87. The largest absolute Gasteiger partial charge is 0.497 e. The fraction of sp³-hybridized carbons (Fsp3) is 0.167. The maximum absolute atomic E-state index is 12.8. The molecule has 0 spiro atoms. The number of hydrogen-bond donors (Lipinski definition) is 1. The fourth-order valence-electron chi connectivity index (χ4n) is 2.46. The van der Waals surface area contributed by atoms with Gasteiger partial charge < -0.3 is 14.3 Å². The molecule has 9 heteroatoms. The second-order valence-corrected chi connectivity index (χ2v) is 6.73. The fourth-order valence-corrected chi connectivity index (χ4v) is 3.45. The summed E-state index contributed by atoms with van der Waals surface area (Å²) < 4.78 is 10.7. The Morgan fingerprint density at radius 3 is 2.56 bits per heavy atom. The predicted molar refractivity (Wildman–Crippen MR) is 103 cm³/mol. The van der Waals surface area contributed by atoms with Crippen molar-refractivity contribution < 1.29 is 23.8 Å². The van der Waals surface area contributed by atoms with E-state index in [0.29, 0.717) is 21.1 Å². The second kappa shape index (κ2) is 7.12. The number of anilines is 2. The van der Waals surface area contributed by atoms with Crippen LogP contribution in [0.3, 0.4) is 0 Å². The van der Waals surface area contributed by atoms with E-state index in [-0.39, 0.29) is 11.6 Å². The number of thiophene rings is 1. The monoisotopic (exact) mass is 388 g/mol. The highest BCUT2D eigenvalue weighted by atomic mass is 32.1. The van der Waals surface area contributed by atoms with E-state index in [9.17, 15) is 14.4 Å². The van der Waals surface area contributed by atoms with Crippen LogP contribution < -0.4 is 20.2 Å². The third-order valence-corrected chi connectivity index (χ3v) is 5.13. The molecule has 0 aliphatic heterocycles. The summed E-state index contributed by atoms with van der Waals surface area (Å²) in [5.41, 5.74) is -0.499. The summed E-state index contributed by atoms with van der Waals surface area (Å²) in [4.78, 5) is 38.4. The molecule has 0 radical (unpaired) electrons. The average Bonchev–Trinajstić information content (AvgIpc) is 3.08. The van der Waals surface area contributed by atoms with Crippen molar-refractivity contribution in [1.82, 2.24) is 0 Å². The first-order valence-corrected chi connectivity index (χ1v) is 8.60. The number of methoxy groups -OCH3 is 1. The third-order valence-electron chi connectivity index (χ3n) is 3.99. The average molecular weight is 388 g/mol. The third kappa shape index (κ3) is 3.49. The van der Waals surface area contributed by atoms with Gasteiger partial charge in [-0.2, -0.15) is 0 Å². The number of carboxylic acids is 1. The summed E-state index contributed by atoms with van der Waals surface area (Å²) in [6, 6.07) is 9.52. The first-order chi connectivity index (χ1) is 12.8. The van der Waals surface area contributed by atoms with Crippen molar-refractivity contribution in [1.29, 1.82) is 0 Å². The van der Waals surface area contributed by atoms with Crippen molar-refractivity contribution in [3.8, 4) is 5.75 Å². The molecule has 0 fully saturated rings. The number of hydrogen-bond acceptors (Lipinski definition) is 6. The Bertz CT molecular complexity index is 1090. The van der Waals surface area contributed by atoms with Crippen LogP contribution in [0, 0.1) is 0 Å². The Morgan fingerprint density at radius 1 is 1.15 bits per heavy atom. The van der Waals surface area contributed by atoms with Gasteiger partial charge in [0.2, 0.25) is 0 Å². The number of fused-ring (bicyclic) bond motifs is 1. The number of urea groups is 1. The summed E-state index contributed by atoms with van der Waals surface area (Å²) in [5, 5.41) is 9.54. The van der Waals surface area contributed by atoms with Gasteiger partial charge in [-0.15, -0.1) is 11.3 Å². The molecule has 2 heterocycles. The van der Waals surface area contributed by atoms with Crippen LogP contribution in [-0.4, -0.2) is 38.3 Å². The number of nitrogens with zero attached hydrogens (tertiary/aromatic N) is 2. The van der Waals surface area contributed by atoms with E-state index in [1.54, 1.807) is 45.5 Å². The number of benzene rings is 1. The second-order valence-electron chi connectivity index (χ2n) is 5.67. The summed E-state index contributed by atoms with van der Waals surface area (Å²) in [6.07, 6.45) is 0. The van der Waals surface area contributed by atoms with Crippen LogP contribution in [0.1, 0.15) is 10.4 Å². The zero-order chi connectivity index (χ0) is 19.7. The van der Waals surface area contributed by atoms with Crippen molar-refractivity contribution >= 4 is 44.3 Å². The van der Waals surface area contributed by atoms with Gasteiger partial charge in [-0.25, -0.2) is 14.4 Å². The number of rotatable bonds is 4. The zero-order valence-electron chi connectivity index (χ0n) is 14.8. The lowest BCUT2D eigenvalue weighted by Gasteiger charge is -2.24. The normalized spacial score (nSPS) is 10.6. The molecule has 140 valence electrons. The molecule has 0 aliphatic carbocycles. The molecule has 2 aromatic heterocycles. The summed E-state index contributed by atoms with van der Waals surface area (Å²) >= 11 is 1.15. The summed E-state index contributed by atoms with van der Waals surface area (Å²) in [6.45, 7) is 0. The van der Waals surface area contributed by atoms with Gasteiger partial charge in [0, 0.05) is 31.9 Å². The van der Waals surface area contributed by atoms with Crippen LogP contribution in [0.5, 0.6) is 5.75 Å². The van der Waals surface area contributed by atoms with Gasteiger partial charge in [-0.1, -0.05) is 6.07 Å². The minimum Gasteiger partial charge on any atom is -0.497 e. The molecule has 1 N–H and O–H groups in total. The Labute approximate surface area is 157 Å². The molecule has 1 aromatic carbocycles. The van der Waals surface area contributed by atoms with E-state index in [1.807, 2.05) is 0 Å². The lowest BCUT2D eigenvalue weighted by molar-refractivity contribution is 0.0692. The summed E-state index contributed by atoms with van der Waals surface area (Å²) in [5.74, 6) is -0.734. The van der Waals surface area contributed by atoms with Gasteiger partial charge in [-0.3, -0.25) is 9.80 Å². The summed E-state index contributed by atoms with van der Waals surface area (Å²) in [7, 11) is 4.76. The van der Waals surface area contributed by atoms with Gasteiger partial charge >= 0.3 is 17.6 Å². The van der Waals surface area contributed by atoms with Crippen molar-refractivity contribution in [3.63, 3.8) is 0 Å². The molecule has 3 aromatic rings. The number of carboxylic acid groups (broad SMARTS) is 1. The zero-order valence-corrected chi connectivity index (χ0v) is 15.6. The van der Waals surface area contributed by atoms with E-state index in [1.165, 1.54) is 21.9 Å². The van der Waals surface area contributed by atoms with Gasteiger partial charge in [0.1, 0.15) is 16.3 Å². The number of amides is 2. The molecule has 27 heavy (non-hydrogen) atoms. The molecule has 2 amide bonds. The van der Waals surface area contributed by atoms with Crippen molar-refractivity contribution in [2.24, 2.45) is 0 Å². The maximum atomic E-state index is 12.8. The molecule has 0 aliphatic rings. The SMILES string of the molecule is COc1cccc(N(C)C(=O)N(C)c2cc3oc(=O)c(C(=O)O)cc3s2)c1. The molecule has 0 saturated heterocycles. The van der Waals surface area contributed by atoms with Crippen molar-refractivity contribution in [3.05, 3.63) is 52.4 Å². The predicted octanol–water partition coefficient (Wildman–Crippen LogP) is 3.25. The minimum absolute atomic E-state index is 0.230. The number of carbonyl (C=O) groups excluding carboxylic acids is 1. The van der Waals surface area contributed by atoms with Crippen LogP contribution in [0.25, 0.3) is 10.3 Å². The van der Waals surface area contributed by atoms with Crippen molar-refractivity contribution in [2.75, 3.05) is 31.0 Å². The standard InChI is InChI=1S/C18H16N2O6S/c1-19(10-5-4-6-11(7-10)25-3)18(24)20(2)15-9-13-14(27-15)8-12(16(21)22)17(23)26-13/h4-9H,1-3H3,(H,21,22). The Morgan fingerprint density at radius 2 is 1.89 bits per heavy atom. The molecule has 0 atom stereocenters. The lowest BCUT2D eigenvalue weighted by Crippen LogP contribution is -2.38. The molecular formula is C18H16N2O6S. The van der Waals surface area contributed by atoms with Crippen LogP contribution in [0.4, 0.5) is 15.5 Å². The van der Waals surface area contributed by atoms with Crippen LogP contribution in [0.15, 0.2) is 45.6 Å². The molecule has 8 nitrogen and oxygen atoms in total. The lowest BCUT2D eigenvalue weighted by atomic mass is 10.3. The first kappa shape index (κ1) is 18.5. The number of carbonyl (C=O) groups is 2. The van der Waals surface area contributed by atoms with Gasteiger partial charge in [-0.05, 0) is 18.2 Å². The van der Waals surface area contributed by atoms with Gasteiger partial charge in [0.25, 0.3) is 0 Å². The Balaban J connectivity index is 1.92. The minimum atomic E-state index is -1.36. The molecule has 0 unspecified atom stereocenters. The highest BCUT2D eigenvalue weighted by molar-refractivity contribution is 7.22. The quantitative estimate of drug-likeness (QED) is 0.736. The molecular weight excluding hydrogens is 372 g/mol. The van der Waals surface area contributed by atoms with Crippen LogP contribution in [0.2, 0.25) is 0 Å². The van der Waals surface area contributed by atoms with Gasteiger partial charge in [0.05, 0.1) is 11.8 Å². The van der Waals surface area contributed by atoms with E-state index in [2.05, 4.69) is 0 Å². The van der Waals surface area contributed by atoms with E-state index < -0.39 is 17.2 Å². The van der Waals surface area contributed by atoms with E-state index >= 15 is 0 Å². The highest BCUT2D eigenvalue weighted by Gasteiger charge is 2.21. The molecule has 3 rings (SSSR count). The van der Waals surface area contributed by atoms with Crippen LogP contribution >= 0.6 is 11.3 Å². The van der Waals surface area contributed by atoms with Gasteiger partial charge in [0.15, 0.2) is 5.58 Å². The van der Waals surface area contributed by atoms with E-state index in [4.69, 9.17) is 14.3 Å². The van der Waals surface area contributed by atoms with Crippen LogP contribution in [-0.2, 0) is 0 Å². The van der Waals surface area contributed by atoms with E-state index in [0.717, 1.165) is 11.3 Å². The number of aromatic carboxylic acids is 1. The number of ether oxygens (including phenoxy) is 1. The smallest absolute Gasteiger partial charge is 0.351 e. The Hall–Kier alpha value is -3.33. The maximum Gasteiger partial charge on any atom is 0.351 e. The topological polar surface area (TPSA) is 100 Å². The highest BCUT2D eigenvalue weighted by Crippen LogP contribution is 2.32.